The molecule has 2 N–H and O–H groups in total. The van der Waals surface area contributed by atoms with E-state index in [4.69, 9.17) is 14.6 Å². The van der Waals surface area contributed by atoms with Crippen molar-refractivity contribution in [3.63, 3.8) is 0 Å². The molecule has 29 heavy (non-hydrogen) atoms. The number of ether oxygens (including phenoxy) is 1. The molecule has 3 heterocycles. The molecule has 3 aliphatic heterocycles. The average molecular weight is 401 g/mol. The average Bonchev–Trinajstić information content (AvgIpc) is 3.32. The van der Waals surface area contributed by atoms with Crippen LogP contribution in [-0.2, 0) is 9.53 Å². The molecule has 4 fully saturated rings. The number of amides is 1. The Morgan fingerprint density at radius 2 is 2.03 bits per heavy atom. The topological polar surface area (TPSA) is 78.9 Å². The van der Waals surface area contributed by atoms with Crippen LogP contribution in [0.25, 0.3) is 0 Å². The fraction of sp³-hybridized carbons (Fsp3) is 0.652. The largest absolute Gasteiger partial charge is 0.483 e. The quantitative estimate of drug-likeness (QED) is 0.743. The standard InChI is InChI=1S/C22H30N2O2.CH2O2/c1-15-5-7-17(8-6-15)21(25)23-11-18-19-13-24(12-16-3-2-4-16)14-22(19)10-9-20(18)26-22;2-1-3/h5-8,16,18-20H,2-4,9-14H2,1H3,(H,23,25);1H,(H,2,3)/t18-,19+,20+,22+;/m0./s1. The van der Waals surface area contributed by atoms with Gasteiger partial charge in [0, 0.05) is 43.6 Å². The zero-order chi connectivity index (χ0) is 20.4. The lowest BCUT2D eigenvalue weighted by atomic mass is 9.73. The number of carbonyl (C=O) groups excluding carboxylic acids is 1. The highest BCUT2D eigenvalue weighted by Crippen LogP contribution is 2.54. The lowest BCUT2D eigenvalue weighted by molar-refractivity contribution is -0.122. The molecule has 0 unspecified atom stereocenters. The van der Waals surface area contributed by atoms with Gasteiger partial charge in [-0.15, -0.1) is 0 Å². The summed E-state index contributed by atoms with van der Waals surface area (Å²) in [7, 11) is 0. The number of carboxylic acid groups (broad SMARTS) is 1. The van der Waals surface area contributed by atoms with E-state index in [0.29, 0.717) is 17.9 Å². The lowest BCUT2D eigenvalue weighted by Crippen LogP contribution is -2.41. The fourth-order valence-corrected chi connectivity index (χ4v) is 5.76. The van der Waals surface area contributed by atoms with Gasteiger partial charge in [0.05, 0.1) is 11.7 Å². The van der Waals surface area contributed by atoms with Gasteiger partial charge in [0.2, 0.25) is 0 Å². The number of nitrogens with one attached hydrogen (secondary N) is 1. The molecule has 1 amide bonds. The summed E-state index contributed by atoms with van der Waals surface area (Å²) in [5.74, 6) is 2.04. The molecule has 6 nitrogen and oxygen atoms in total. The van der Waals surface area contributed by atoms with Gasteiger partial charge in [0.1, 0.15) is 0 Å². The molecule has 5 rings (SSSR count). The highest BCUT2D eigenvalue weighted by molar-refractivity contribution is 5.94. The first kappa shape index (κ1) is 20.4. The van der Waals surface area contributed by atoms with Crippen molar-refractivity contribution in [2.24, 2.45) is 17.8 Å². The smallest absolute Gasteiger partial charge is 0.290 e. The van der Waals surface area contributed by atoms with Gasteiger partial charge < -0.3 is 15.2 Å². The molecule has 6 heteroatoms. The van der Waals surface area contributed by atoms with E-state index in [0.717, 1.165) is 31.1 Å². The van der Waals surface area contributed by atoms with Crippen molar-refractivity contribution < 1.29 is 19.4 Å². The Hall–Kier alpha value is -1.92. The summed E-state index contributed by atoms with van der Waals surface area (Å²) in [6.07, 6.45) is 6.97. The minimum atomic E-state index is -0.250. The van der Waals surface area contributed by atoms with E-state index < -0.39 is 0 Å². The molecule has 158 valence electrons. The summed E-state index contributed by atoms with van der Waals surface area (Å²) in [6, 6.07) is 7.83. The maximum absolute atomic E-state index is 12.5. The molecule has 1 aromatic carbocycles. The van der Waals surface area contributed by atoms with Crippen LogP contribution in [0.5, 0.6) is 0 Å². The Labute approximate surface area is 172 Å². The van der Waals surface area contributed by atoms with E-state index in [9.17, 15) is 4.79 Å². The number of likely N-dealkylation sites (tertiary alicyclic amines) is 1. The molecule has 0 aromatic heterocycles. The van der Waals surface area contributed by atoms with Crippen LogP contribution in [0.15, 0.2) is 24.3 Å². The van der Waals surface area contributed by atoms with E-state index in [-0.39, 0.29) is 18.0 Å². The second-order valence-electron chi connectivity index (χ2n) is 9.20. The third kappa shape index (κ3) is 4.05. The van der Waals surface area contributed by atoms with Gasteiger partial charge in [-0.25, -0.2) is 0 Å². The van der Waals surface area contributed by atoms with Crippen molar-refractivity contribution in [3.8, 4) is 0 Å². The van der Waals surface area contributed by atoms with E-state index in [2.05, 4.69) is 10.2 Å². The van der Waals surface area contributed by atoms with Gasteiger partial charge in [-0.1, -0.05) is 24.1 Å². The number of hydrogen-bond donors (Lipinski definition) is 2. The Kier molecular flexibility index (Phi) is 5.93. The summed E-state index contributed by atoms with van der Waals surface area (Å²) < 4.78 is 6.52. The molecule has 4 aliphatic rings. The maximum atomic E-state index is 12.5. The third-order valence-corrected chi connectivity index (χ3v) is 7.41. The van der Waals surface area contributed by atoms with Crippen molar-refractivity contribution in [1.29, 1.82) is 0 Å². The molecular formula is C23H32N2O4. The first-order valence-corrected chi connectivity index (χ1v) is 10.9. The zero-order valence-corrected chi connectivity index (χ0v) is 17.2. The van der Waals surface area contributed by atoms with E-state index in [1.54, 1.807) is 0 Å². The molecule has 2 bridgehead atoms. The normalized spacial score (nSPS) is 32.8. The number of hydrogen-bond acceptors (Lipinski definition) is 4. The zero-order valence-electron chi connectivity index (χ0n) is 17.2. The number of aryl methyl sites for hydroxylation is 1. The van der Waals surface area contributed by atoms with Crippen LogP contribution in [0.3, 0.4) is 0 Å². The second kappa shape index (κ2) is 8.44. The molecule has 0 radical (unpaired) electrons. The van der Waals surface area contributed by atoms with Gasteiger partial charge in [-0.3, -0.25) is 14.5 Å². The highest BCUT2D eigenvalue weighted by atomic mass is 16.5. The Bertz CT molecular complexity index is 733. The molecule has 1 aromatic rings. The van der Waals surface area contributed by atoms with Gasteiger partial charge >= 0.3 is 0 Å². The number of benzene rings is 1. The molecule has 1 spiro atoms. The van der Waals surface area contributed by atoms with Gasteiger partial charge in [0.25, 0.3) is 12.4 Å². The van der Waals surface area contributed by atoms with Crippen molar-refractivity contribution >= 4 is 12.4 Å². The monoisotopic (exact) mass is 400 g/mol. The summed E-state index contributed by atoms with van der Waals surface area (Å²) in [5, 5.41) is 10.1. The molecule has 1 saturated carbocycles. The number of fused-ring (bicyclic) bond motifs is 1. The van der Waals surface area contributed by atoms with Crippen LogP contribution < -0.4 is 5.32 Å². The molecular weight excluding hydrogens is 368 g/mol. The Balaban J connectivity index is 0.000000645. The summed E-state index contributed by atoms with van der Waals surface area (Å²) in [5.41, 5.74) is 2.03. The number of rotatable bonds is 5. The maximum Gasteiger partial charge on any atom is 0.290 e. The first-order chi connectivity index (χ1) is 14.0. The van der Waals surface area contributed by atoms with E-state index >= 15 is 0 Å². The predicted molar refractivity (Wildman–Crippen MR) is 110 cm³/mol. The van der Waals surface area contributed by atoms with Gasteiger partial charge in [-0.05, 0) is 50.7 Å². The van der Waals surface area contributed by atoms with E-state index in [1.807, 2.05) is 31.2 Å². The Morgan fingerprint density at radius 3 is 2.69 bits per heavy atom. The van der Waals surface area contributed by atoms with Gasteiger partial charge in [-0.2, -0.15) is 0 Å². The third-order valence-electron chi connectivity index (χ3n) is 7.41. The van der Waals surface area contributed by atoms with Crippen molar-refractivity contribution in [3.05, 3.63) is 35.4 Å². The van der Waals surface area contributed by atoms with Crippen LogP contribution in [0, 0.1) is 24.7 Å². The summed E-state index contributed by atoms with van der Waals surface area (Å²) >= 11 is 0. The van der Waals surface area contributed by atoms with Crippen molar-refractivity contribution in [2.45, 2.75) is 50.7 Å². The Morgan fingerprint density at radius 1 is 1.31 bits per heavy atom. The van der Waals surface area contributed by atoms with Crippen molar-refractivity contribution in [2.75, 3.05) is 26.2 Å². The predicted octanol–water partition coefficient (Wildman–Crippen LogP) is 2.71. The summed E-state index contributed by atoms with van der Waals surface area (Å²) in [4.78, 5) is 23.5. The number of nitrogens with zero attached hydrogens (tertiary/aromatic N) is 1. The molecule has 1 aliphatic carbocycles. The highest BCUT2D eigenvalue weighted by Gasteiger charge is 2.62. The van der Waals surface area contributed by atoms with Crippen LogP contribution in [-0.4, -0.2) is 60.3 Å². The summed E-state index contributed by atoms with van der Waals surface area (Å²) in [6.45, 7) is 6.09. The molecule has 4 atom stereocenters. The minimum absolute atomic E-state index is 0.0474. The minimum Gasteiger partial charge on any atom is -0.483 e. The number of carbonyl (C=O) groups is 2. The van der Waals surface area contributed by atoms with Gasteiger partial charge in [0.15, 0.2) is 0 Å². The fourth-order valence-electron chi connectivity index (χ4n) is 5.76. The van der Waals surface area contributed by atoms with Crippen LogP contribution in [0.4, 0.5) is 0 Å². The van der Waals surface area contributed by atoms with Crippen LogP contribution >= 0.6 is 0 Å². The van der Waals surface area contributed by atoms with Crippen LogP contribution in [0.2, 0.25) is 0 Å². The van der Waals surface area contributed by atoms with Crippen molar-refractivity contribution in [1.82, 2.24) is 10.2 Å². The SMILES string of the molecule is Cc1ccc(C(=O)NC[C@H]2[C@H]3CN(CC4CCC4)C[C@]34CC[C@H]2O4)cc1.O=CO. The lowest BCUT2D eigenvalue weighted by Gasteiger charge is -2.31. The molecule has 3 saturated heterocycles. The first-order valence-electron chi connectivity index (χ1n) is 10.9. The second-order valence-corrected chi connectivity index (χ2v) is 9.20. The van der Waals surface area contributed by atoms with E-state index in [1.165, 1.54) is 44.2 Å². The van der Waals surface area contributed by atoms with Crippen LogP contribution in [0.1, 0.15) is 48.0 Å².